The molecule has 2 aliphatic rings. The van der Waals surface area contributed by atoms with Crippen molar-refractivity contribution >= 4 is 17.6 Å². The molecule has 2 aromatic carbocycles. The molecule has 47 heavy (non-hydrogen) atoms. The van der Waals surface area contributed by atoms with Crippen molar-refractivity contribution in [3.8, 4) is 11.5 Å². The third-order valence-electron chi connectivity index (χ3n) is 9.35. The van der Waals surface area contributed by atoms with Crippen LogP contribution in [0.2, 0.25) is 0 Å². The fraction of sp³-hybridized carbons (Fsp3) is 0.622. The minimum absolute atomic E-state index is 0.0277. The first-order chi connectivity index (χ1) is 22.7. The van der Waals surface area contributed by atoms with E-state index in [0.29, 0.717) is 36.7 Å². The van der Waals surface area contributed by atoms with Crippen molar-refractivity contribution < 1.29 is 28.9 Å². The first-order valence-electron chi connectivity index (χ1n) is 17.4. The number of aliphatic hydroxyl groups is 1. The van der Waals surface area contributed by atoms with E-state index in [0.717, 1.165) is 57.2 Å². The van der Waals surface area contributed by atoms with Gasteiger partial charge in [0.1, 0.15) is 11.5 Å². The van der Waals surface area contributed by atoms with E-state index in [1.807, 2.05) is 26.0 Å². The number of hydrogen-bond acceptors (Lipinski definition) is 7. The highest BCUT2D eigenvalue weighted by molar-refractivity contribution is 5.99. The Morgan fingerprint density at radius 1 is 1.06 bits per heavy atom. The standard InChI is InChI=1S/C37H56N4O6/c1-26-22-41(27(2)25-42)36(43)33-21-31(39-37(44)38-30-12-7-6-8-13-30)16-19-34(33)47-28(3)11-9-10-20-46-35(26)24-40(4)23-29-14-17-32(45-5)18-15-29/h14-19,21,26-28,30,35,42H,6-13,20,22-25H2,1-5H3,(H2,38,39,44)/t26-,27-,28-,35-/m1/s1. The summed E-state index contributed by atoms with van der Waals surface area (Å²) in [6.45, 7) is 8.22. The normalized spacial score (nSPS) is 22.5. The van der Waals surface area contributed by atoms with Crippen LogP contribution in [0.1, 0.15) is 88.1 Å². The van der Waals surface area contributed by atoms with Crippen LogP contribution < -0.4 is 20.1 Å². The molecule has 0 aromatic heterocycles. The van der Waals surface area contributed by atoms with Crippen LogP contribution in [0.4, 0.5) is 10.5 Å². The lowest BCUT2D eigenvalue weighted by atomic mass is 9.96. The first-order valence-corrected chi connectivity index (χ1v) is 17.4. The number of ether oxygens (including phenoxy) is 3. The first kappa shape index (κ1) is 36.5. The Kier molecular flexibility index (Phi) is 14.2. The minimum Gasteiger partial charge on any atom is -0.497 e. The fourth-order valence-corrected chi connectivity index (χ4v) is 6.48. The van der Waals surface area contributed by atoms with Crippen LogP contribution in [0.5, 0.6) is 11.5 Å². The lowest BCUT2D eigenvalue weighted by Crippen LogP contribution is -2.47. The molecule has 1 heterocycles. The molecule has 0 saturated heterocycles. The van der Waals surface area contributed by atoms with Crippen LogP contribution in [0.3, 0.4) is 0 Å². The number of amides is 3. The van der Waals surface area contributed by atoms with Gasteiger partial charge >= 0.3 is 6.03 Å². The highest BCUT2D eigenvalue weighted by Crippen LogP contribution is 2.29. The number of methoxy groups -OCH3 is 1. The number of urea groups is 1. The fourth-order valence-electron chi connectivity index (χ4n) is 6.48. The molecule has 1 fully saturated rings. The third-order valence-corrected chi connectivity index (χ3v) is 9.35. The van der Waals surface area contributed by atoms with E-state index in [2.05, 4.69) is 41.6 Å². The number of rotatable bonds is 9. The molecule has 260 valence electrons. The van der Waals surface area contributed by atoms with Crippen molar-refractivity contribution in [2.24, 2.45) is 5.92 Å². The lowest BCUT2D eigenvalue weighted by Gasteiger charge is -2.36. The SMILES string of the molecule is COc1ccc(CN(C)C[C@H]2OCCCC[C@@H](C)Oc3ccc(NC(=O)NC4CCCCC4)cc3C(=O)N([C@H](C)CO)C[C@H]2C)cc1. The van der Waals surface area contributed by atoms with Gasteiger partial charge in [-0.05, 0) is 88.9 Å². The van der Waals surface area contributed by atoms with Gasteiger partial charge in [0.25, 0.3) is 5.91 Å². The van der Waals surface area contributed by atoms with Crippen molar-refractivity contribution in [2.45, 2.75) is 103 Å². The van der Waals surface area contributed by atoms with Gasteiger partial charge in [-0.3, -0.25) is 9.69 Å². The van der Waals surface area contributed by atoms with Gasteiger partial charge in [-0.15, -0.1) is 0 Å². The van der Waals surface area contributed by atoms with Crippen LogP contribution in [0, 0.1) is 5.92 Å². The van der Waals surface area contributed by atoms with E-state index in [1.54, 1.807) is 30.2 Å². The number of benzene rings is 2. The maximum atomic E-state index is 14.4. The van der Waals surface area contributed by atoms with E-state index in [4.69, 9.17) is 14.2 Å². The summed E-state index contributed by atoms with van der Waals surface area (Å²) in [6, 6.07) is 12.8. The molecule has 3 N–H and O–H groups in total. The van der Waals surface area contributed by atoms with Crippen molar-refractivity contribution in [3.63, 3.8) is 0 Å². The van der Waals surface area contributed by atoms with Gasteiger partial charge in [0.2, 0.25) is 0 Å². The van der Waals surface area contributed by atoms with Gasteiger partial charge in [-0.2, -0.15) is 0 Å². The average molecular weight is 653 g/mol. The number of hydrogen-bond donors (Lipinski definition) is 3. The summed E-state index contributed by atoms with van der Waals surface area (Å²) in [5, 5.41) is 16.3. The third kappa shape index (κ3) is 11.1. The van der Waals surface area contributed by atoms with Gasteiger partial charge in [0.05, 0.1) is 37.5 Å². The van der Waals surface area contributed by atoms with Crippen LogP contribution >= 0.6 is 0 Å². The number of carbonyl (C=O) groups excluding carboxylic acids is 2. The van der Waals surface area contributed by atoms with Gasteiger partial charge in [-0.1, -0.05) is 38.3 Å². The summed E-state index contributed by atoms with van der Waals surface area (Å²) >= 11 is 0. The topological polar surface area (TPSA) is 113 Å². The Morgan fingerprint density at radius 3 is 2.49 bits per heavy atom. The number of fused-ring (bicyclic) bond motifs is 1. The molecule has 0 unspecified atom stereocenters. The lowest BCUT2D eigenvalue weighted by molar-refractivity contribution is -0.0177. The van der Waals surface area contributed by atoms with E-state index < -0.39 is 6.04 Å². The quantitative estimate of drug-likeness (QED) is 0.301. The molecule has 2 aromatic rings. The van der Waals surface area contributed by atoms with E-state index in [1.165, 1.54) is 12.0 Å². The van der Waals surface area contributed by atoms with Crippen LogP contribution in [-0.4, -0.2) is 91.6 Å². The molecule has 0 spiro atoms. The molecule has 0 radical (unpaired) electrons. The van der Waals surface area contributed by atoms with Crippen molar-refractivity contribution in [1.82, 2.24) is 15.1 Å². The number of anilines is 1. The molecule has 0 bridgehead atoms. The monoisotopic (exact) mass is 652 g/mol. The maximum Gasteiger partial charge on any atom is 0.319 e. The molecule has 10 nitrogen and oxygen atoms in total. The predicted octanol–water partition coefficient (Wildman–Crippen LogP) is 6.08. The number of likely N-dealkylation sites (N-methyl/N-ethyl adjacent to an activating group) is 1. The van der Waals surface area contributed by atoms with Gasteiger partial charge in [0.15, 0.2) is 0 Å². The van der Waals surface area contributed by atoms with Gasteiger partial charge in [0, 0.05) is 43.9 Å². The van der Waals surface area contributed by atoms with Gasteiger partial charge < -0.3 is 34.9 Å². The minimum atomic E-state index is -0.438. The second kappa shape index (κ2) is 18.3. The molecule has 1 aliphatic heterocycles. The predicted molar refractivity (Wildman–Crippen MR) is 185 cm³/mol. The molecule has 1 aliphatic carbocycles. The van der Waals surface area contributed by atoms with E-state index >= 15 is 0 Å². The molecule has 4 rings (SSSR count). The Labute approximate surface area is 281 Å². The van der Waals surface area contributed by atoms with E-state index in [-0.39, 0.29) is 42.7 Å². The summed E-state index contributed by atoms with van der Waals surface area (Å²) in [6.07, 6.45) is 7.81. The summed E-state index contributed by atoms with van der Waals surface area (Å²) < 4.78 is 18.2. The Balaban J connectivity index is 1.55. The zero-order valence-electron chi connectivity index (χ0n) is 29.0. The Bertz CT molecular complexity index is 1270. The summed E-state index contributed by atoms with van der Waals surface area (Å²) in [5.41, 5.74) is 2.06. The van der Waals surface area contributed by atoms with Crippen LogP contribution in [0.15, 0.2) is 42.5 Å². The van der Waals surface area contributed by atoms with Crippen LogP contribution in [0.25, 0.3) is 0 Å². The maximum absolute atomic E-state index is 14.4. The van der Waals surface area contributed by atoms with Crippen LogP contribution in [-0.2, 0) is 11.3 Å². The van der Waals surface area contributed by atoms with Crippen molar-refractivity contribution in [3.05, 3.63) is 53.6 Å². The number of carbonyl (C=O) groups is 2. The molecule has 10 heteroatoms. The van der Waals surface area contributed by atoms with E-state index in [9.17, 15) is 14.7 Å². The van der Waals surface area contributed by atoms with Crippen molar-refractivity contribution in [2.75, 3.05) is 45.8 Å². The second-order valence-corrected chi connectivity index (χ2v) is 13.5. The molecular formula is C37H56N4O6. The second-order valence-electron chi connectivity index (χ2n) is 13.5. The summed E-state index contributed by atoms with van der Waals surface area (Å²) in [4.78, 5) is 31.2. The largest absolute Gasteiger partial charge is 0.497 e. The zero-order chi connectivity index (χ0) is 33.8. The highest BCUT2D eigenvalue weighted by Gasteiger charge is 2.30. The molecule has 1 saturated carbocycles. The number of nitrogens with one attached hydrogen (secondary N) is 2. The highest BCUT2D eigenvalue weighted by atomic mass is 16.5. The molecule has 4 atom stereocenters. The average Bonchev–Trinajstić information content (AvgIpc) is 3.06. The smallest absolute Gasteiger partial charge is 0.319 e. The molecular weight excluding hydrogens is 596 g/mol. The molecule has 3 amide bonds. The Hall–Kier alpha value is -3.34. The summed E-state index contributed by atoms with van der Waals surface area (Å²) in [7, 11) is 3.75. The zero-order valence-corrected chi connectivity index (χ0v) is 29.0. The number of aliphatic hydroxyl groups excluding tert-OH is 1. The number of nitrogens with zero attached hydrogens (tertiary/aromatic N) is 2. The van der Waals surface area contributed by atoms with Crippen molar-refractivity contribution in [1.29, 1.82) is 0 Å². The van der Waals surface area contributed by atoms with Gasteiger partial charge in [-0.25, -0.2) is 4.79 Å². The summed E-state index contributed by atoms with van der Waals surface area (Å²) in [5.74, 6) is 1.03. The Morgan fingerprint density at radius 2 is 1.79 bits per heavy atom.